The van der Waals surface area contributed by atoms with E-state index in [4.69, 9.17) is 0 Å². The Bertz CT molecular complexity index is 38.3. The molecule has 0 N–H and O–H groups in total. The van der Waals surface area contributed by atoms with Crippen LogP contribution in [0.3, 0.4) is 0 Å². The van der Waals surface area contributed by atoms with Crippen LogP contribution in [0.25, 0.3) is 0 Å². The second kappa shape index (κ2) is 22.6. The van der Waals surface area contributed by atoms with Crippen molar-refractivity contribution in [1.82, 2.24) is 0 Å². The number of rotatable bonds is 5. The Hall–Kier alpha value is 0.623. The fourth-order valence-corrected chi connectivity index (χ4v) is 0.677. The third kappa shape index (κ3) is 31.1. The molecule has 0 aliphatic heterocycles. The van der Waals surface area contributed by atoms with E-state index in [-0.39, 0.29) is 19.5 Å². The second-order valence-electron chi connectivity index (χ2n) is 3.06. The van der Waals surface area contributed by atoms with Gasteiger partial charge in [-0.05, 0) is 0 Å². The first-order chi connectivity index (χ1) is 5.33. The maximum absolute atomic E-state index is 2.25. The van der Waals surface area contributed by atoms with Gasteiger partial charge in [0.25, 0.3) is 0 Å². The molecule has 0 atom stereocenters. The molecule has 0 bridgehead atoms. The number of hydrogen-bond acceptors (Lipinski definition) is 0. The fraction of sp³-hybridized carbons (Fsp3) is 1.00. The normalized spacial score (nSPS) is 8.00. The van der Waals surface area contributed by atoms with Gasteiger partial charge in [-0.15, -0.1) is 0 Å². The molecule has 0 heterocycles. The molecule has 0 rings (SSSR count). The summed E-state index contributed by atoms with van der Waals surface area (Å²) in [5.74, 6) is 0. The predicted molar refractivity (Wildman–Crippen MR) is 55.0 cm³/mol. The van der Waals surface area contributed by atoms with E-state index < -0.39 is 0 Å². The van der Waals surface area contributed by atoms with E-state index >= 15 is 0 Å². The van der Waals surface area contributed by atoms with Crippen LogP contribution in [-0.2, 0) is 19.5 Å². The molecule has 0 radical (unpaired) electrons. The van der Waals surface area contributed by atoms with Crippen LogP contribution in [-0.4, -0.2) is 0 Å². The van der Waals surface area contributed by atoms with Crippen molar-refractivity contribution in [3.05, 3.63) is 0 Å². The van der Waals surface area contributed by atoms with Crippen molar-refractivity contribution in [2.24, 2.45) is 0 Å². The minimum Gasteiger partial charge on any atom is -0.0654 e. The zero-order chi connectivity index (χ0) is 8.95. The summed E-state index contributed by atoms with van der Waals surface area (Å²) in [6.07, 6.45) is 9.65. The van der Waals surface area contributed by atoms with Crippen LogP contribution in [0, 0.1) is 0 Å². The summed E-state index contributed by atoms with van der Waals surface area (Å²) >= 11 is 0. The van der Waals surface area contributed by atoms with E-state index in [0.29, 0.717) is 0 Å². The molecule has 0 saturated heterocycles. The van der Waals surface area contributed by atoms with Crippen molar-refractivity contribution in [2.75, 3.05) is 0 Å². The largest absolute Gasteiger partial charge is 0.0654 e. The second-order valence-corrected chi connectivity index (χ2v) is 3.06. The van der Waals surface area contributed by atoms with Crippen molar-refractivity contribution in [3.63, 3.8) is 0 Å². The fourth-order valence-electron chi connectivity index (χ4n) is 0.677. The molecule has 0 aliphatic carbocycles. The molecule has 0 fully saturated rings. The van der Waals surface area contributed by atoms with E-state index in [9.17, 15) is 0 Å². The zero-order valence-electron chi connectivity index (χ0n) is 9.66. The van der Waals surface area contributed by atoms with Gasteiger partial charge in [0, 0.05) is 19.5 Å². The first-order valence-corrected chi connectivity index (χ1v) is 5.33. The Morgan fingerprint density at radius 3 is 1.00 bits per heavy atom. The maximum atomic E-state index is 2.25. The van der Waals surface area contributed by atoms with E-state index in [1.807, 2.05) is 0 Å². The van der Waals surface area contributed by atoms with Gasteiger partial charge in [0.15, 0.2) is 0 Å². The quantitative estimate of drug-likeness (QED) is 0.465. The Balaban J connectivity index is -0.000000142. The summed E-state index contributed by atoms with van der Waals surface area (Å²) in [4.78, 5) is 0. The average molecular weight is 224 g/mol. The molecule has 0 unspecified atom stereocenters. The maximum Gasteiger partial charge on any atom is 0 e. The summed E-state index contributed by atoms with van der Waals surface area (Å²) in [6.45, 7) is 8.85. The van der Waals surface area contributed by atoms with E-state index in [1.165, 1.54) is 44.9 Å². The molecule has 0 nitrogen and oxygen atoms in total. The monoisotopic (exact) mass is 222 g/mol. The van der Waals surface area contributed by atoms with Crippen molar-refractivity contribution >= 4 is 0 Å². The van der Waals surface area contributed by atoms with Gasteiger partial charge in [-0.1, -0.05) is 72.6 Å². The smallest absolute Gasteiger partial charge is 0 e. The van der Waals surface area contributed by atoms with Crippen molar-refractivity contribution in [1.29, 1.82) is 0 Å². The molecule has 12 heavy (non-hydrogen) atoms. The third-order valence-electron chi connectivity index (χ3n) is 1.71. The molecule has 72 valence electrons. The molecule has 0 saturated carbocycles. The van der Waals surface area contributed by atoms with Gasteiger partial charge in [-0.2, -0.15) is 0 Å². The van der Waals surface area contributed by atoms with Crippen LogP contribution in [0.2, 0.25) is 0 Å². The minimum atomic E-state index is 0. The summed E-state index contributed by atoms with van der Waals surface area (Å²) < 4.78 is 0. The van der Waals surface area contributed by atoms with Crippen LogP contribution in [0.4, 0.5) is 0 Å². The number of unbranched alkanes of at least 4 members (excludes halogenated alkanes) is 5. The molecule has 0 aromatic rings. The zero-order valence-corrected chi connectivity index (χ0v) is 12.6. The van der Waals surface area contributed by atoms with Crippen molar-refractivity contribution in [2.45, 2.75) is 72.6 Å². The average Bonchev–Trinajstić information content (AvgIpc) is 2.06. The minimum absolute atomic E-state index is 0. The molecule has 1 heteroatoms. The first kappa shape index (κ1) is 18.4. The van der Waals surface area contributed by atoms with Gasteiger partial charge < -0.3 is 0 Å². The molecule has 0 aromatic heterocycles. The molecule has 0 aliphatic rings. The Labute approximate surface area is 92.3 Å². The van der Waals surface area contributed by atoms with E-state index in [2.05, 4.69) is 27.7 Å². The third-order valence-corrected chi connectivity index (χ3v) is 1.71. The van der Waals surface area contributed by atoms with E-state index in [1.54, 1.807) is 0 Å². The Morgan fingerprint density at radius 2 is 0.833 bits per heavy atom. The molecular formula is C11H26Zn. The molecule has 0 aromatic carbocycles. The molecule has 0 amide bonds. The summed E-state index contributed by atoms with van der Waals surface area (Å²) in [6, 6.07) is 0. The number of hydrogen-bond donors (Lipinski definition) is 0. The van der Waals surface area contributed by atoms with Crippen LogP contribution in [0.5, 0.6) is 0 Å². The topological polar surface area (TPSA) is 0 Å². The van der Waals surface area contributed by atoms with Crippen molar-refractivity contribution < 1.29 is 19.5 Å². The molecular weight excluding hydrogens is 198 g/mol. The summed E-state index contributed by atoms with van der Waals surface area (Å²) in [7, 11) is 0. The predicted octanol–water partition coefficient (Wildman–Crippen LogP) is 4.78. The first-order valence-electron chi connectivity index (χ1n) is 5.33. The van der Waals surface area contributed by atoms with Gasteiger partial charge in [-0.3, -0.25) is 0 Å². The molecule has 0 spiro atoms. The van der Waals surface area contributed by atoms with E-state index in [0.717, 1.165) is 0 Å². The van der Waals surface area contributed by atoms with Gasteiger partial charge in [-0.25, -0.2) is 0 Å². The standard InChI is InChI=1S/C7H16.C4H10.Zn/c1-3-5-7-6-4-2;1-3-4-2;/h3-7H2,1-2H3;3-4H2,1-2H3;. The van der Waals surface area contributed by atoms with Crippen molar-refractivity contribution in [3.8, 4) is 0 Å². The SMILES string of the molecule is CCCC.CCCCCCC.[Zn]. The van der Waals surface area contributed by atoms with Gasteiger partial charge in [0.1, 0.15) is 0 Å². The van der Waals surface area contributed by atoms with Gasteiger partial charge in [0.2, 0.25) is 0 Å². The Kier molecular flexibility index (Phi) is 34.6. The summed E-state index contributed by atoms with van der Waals surface area (Å²) in [5, 5.41) is 0. The van der Waals surface area contributed by atoms with Crippen LogP contribution < -0.4 is 0 Å². The van der Waals surface area contributed by atoms with Gasteiger partial charge >= 0.3 is 0 Å². The van der Waals surface area contributed by atoms with Gasteiger partial charge in [0.05, 0.1) is 0 Å². The Morgan fingerprint density at radius 1 is 0.500 bits per heavy atom. The van der Waals surface area contributed by atoms with Crippen LogP contribution in [0.1, 0.15) is 72.6 Å². The van der Waals surface area contributed by atoms with Crippen LogP contribution >= 0.6 is 0 Å². The summed E-state index contributed by atoms with van der Waals surface area (Å²) in [5.41, 5.74) is 0. The van der Waals surface area contributed by atoms with Crippen LogP contribution in [0.15, 0.2) is 0 Å².